The molecule has 0 saturated carbocycles. The van der Waals surface area contributed by atoms with E-state index in [9.17, 15) is 18.3 Å². The number of aliphatic hydroxyl groups is 1. The highest BCUT2D eigenvalue weighted by Crippen LogP contribution is 2.28. The van der Waals surface area contributed by atoms with E-state index in [1.54, 1.807) is 30.6 Å². The van der Waals surface area contributed by atoms with Crippen molar-refractivity contribution >= 4 is 15.9 Å². The number of rotatable bonds is 13. The van der Waals surface area contributed by atoms with Gasteiger partial charge in [-0.1, -0.05) is 50.2 Å². The third-order valence-electron chi connectivity index (χ3n) is 5.59. The van der Waals surface area contributed by atoms with Crippen molar-refractivity contribution in [3.63, 3.8) is 0 Å². The molecule has 0 fully saturated rings. The number of sulfonamides is 1. The summed E-state index contributed by atoms with van der Waals surface area (Å²) in [6.07, 6.45) is 5.54. The average molecular weight is 526 g/mol. The first-order chi connectivity index (χ1) is 17.6. The molecule has 198 valence electrons. The van der Waals surface area contributed by atoms with Crippen molar-refractivity contribution < 1.29 is 23.1 Å². The number of carbonyl (C=O) groups is 1. The molecule has 1 amide bonds. The molecule has 1 aromatic heterocycles. The van der Waals surface area contributed by atoms with Gasteiger partial charge in [0.15, 0.2) is 0 Å². The number of carbonyl (C=O) groups excluding carboxylic acids is 1. The van der Waals surface area contributed by atoms with Crippen LogP contribution in [0.2, 0.25) is 0 Å². The number of nitrogens with one attached hydrogen (secondary N) is 2. The molecule has 0 aliphatic carbocycles. The van der Waals surface area contributed by atoms with Gasteiger partial charge in [0.05, 0.1) is 24.5 Å². The molecule has 3 aromatic rings. The van der Waals surface area contributed by atoms with E-state index in [1.165, 1.54) is 5.56 Å². The summed E-state index contributed by atoms with van der Waals surface area (Å²) in [6, 6.07) is 17.0. The normalized spacial score (nSPS) is 12.4. The Labute approximate surface area is 219 Å². The van der Waals surface area contributed by atoms with Crippen LogP contribution in [0.25, 0.3) is 11.1 Å². The first kappa shape index (κ1) is 28.3. The van der Waals surface area contributed by atoms with Gasteiger partial charge < -0.3 is 15.2 Å². The Kier molecular flexibility index (Phi) is 10.2. The Balaban J connectivity index is 1.59. The standard InChI is InChI=1S/C28H35N3O5S/c1-20(2)19-36-27-16-23(12-13-25(27)28(33)31-37(3,34)35)22-10-8-21(9-11-22)6-4-14-30-18-26(32)24-7-5-15-29-17-24/h5,7-13,15-17,20,26,30,32H,4,6,14,18-19H2,1-3H3,(H,31,33)/t26-/m1/s1. The maximum Gasteiger partial charge on any atom is 0.268 e. The van der Waals surface area contributed by atoms with Crippen LogP contribution in [0.4, 0.5) is 0 Å². The first-order valence-corrected chi connectivity index (χ1v) is 14.2. The fourth-order valence-electron chi connectivity index (χ4n) is 3.70. The lowest BCUT2D eigenvalue weighted by atomic mass is 10.00. The highest BCUT2D eigenvalue weighted by atomic mass is 32.2. The molecule has 37 heavy (non-hydrogen) atoms. The van der Waals surface area contributed by atoms with Gasteiger partial charge in [-0.3, -0.25) is 9.78 Å². The van der Waals surface area contributed by atoms with Crippen LogP contribution in [0.5, 0.6) is 5.75 Å². The third kappa shape index (κ3) is 9.27. The van der Waals surface area contributed by atoms with E-state index in [-0.39, 0.29) is 11.5 Å². The van der Waals surface area contributed by atoms with E-state index in [1.807, 2.05) is 42.8 Å². The third-order valence-corrected chi connectivity index (χ3v) is 6.15. The summed E-state index contributed by atoms with van der Waals surface area (Å²) in [6.45, 7) is 5.65. The number of hydrogen-bond donors (Lipinski definition) is 3. The summed E-state index contributed by atoms with van der Waals surface area (Å²) in [4.78, 5) is 16.5. The monoisotopic (exact) mass is 525 g/mol. The van der Waals surface area contributed by atoms with Gasteiger partial charge >= 0.3 is 0 Å². The van der Waals surface area contributed by atoms with Crippen molar-refractivity contribution in [3.05, 3.63) is 83.7 Å². The minimum Gasteiger partial charge on any atom is -0.492 e. The zero-order valence-corrected chi connectivity index (χ0v) is 22.3. The van der Waals surface area contributed by atoms with Crippen LogP contribution in [-0.2, 0) is 16.4 Å². The van der Waals surface area contributed by atoms with Crippen LogP contribution >= 0.6 is 0 Å². The lowest BCUT2D eigenvalue weighted by Gasteiger charge is -2.15. The summed E-state index contributed by atoms with van der Waals surface area (Å²) >= 11 is 0. The molecular weight excluding hydrogens is 490 g/mol. The molecule has 0 spiro atoms. The number of aliphatic hydroxyl groups excluding tert-OH is 1. The molecule has 3 N–H and O–H groups in total. The molecule has 0 radical (unpaired) electrons. The van der Waals surface area contributed by atoms with Crippen LogP contribution in [0.3, 0.4) is 0 Å². The lowest BCUT2D eigenvalue weighted by Crippen LogP contribution is -2.29. The van der Waals surface area contributed by atoms with Gasteiger partial charge in [0.2, 0.25) is 10.0 Å². The molecule has 2 aromatic carbocycles. The molecule has 8 nitrogen and oxygen atoms in total. The molecule has 0 unspecified atom stereocenters. The molecule has 0 saturated heterocycles. The highest BCUT2D eigenvalue weighted by Gasteiger charge is 2.18. The summed E-state index contributed by atoms with van der Waals surface area (Å²) in [5, 5.41) is 13.5. The number of aromatic nitrogens is 1. The van der Waals surface area contributed by atoms with E-state index < -0.39 is 22.0 Å². The van der Waals surface area contributed by atoms with Crippen molar-refractivity contribution in [2.45, 2.75) is 32.8 Å². The Hall–Kier alpha value is -3.27. The van der Waals surface area contributed by atoms with Crippen molar-refractivity contribution in [2.24, 2.45) is 5.92 Å². The molecule has 3 rings (SSSR count). The predicted octanol–water partition coefficient (Wildman–Crippen LogP) is 3.73. The quantitative estimate of drug-likeness (QED) is 0.291. The number of amides is 1. The van der Waals surface area contributed by atoms with Crippen LogP contribution in [-0.4, -0.2) is 50.4 Å². The lowest BCUT2D eigenvalue weighted by molar-refractivity contribution is 0.0977. The van der Waals surface area contributed by atoms with Crippen molar-refractivity contribution in [3.8, 4) is 16.9 Å². The second-order valence-electron chi connectivity index (χ2n) is 9.43. The molecule has 0 bridgehead atoms. The van der Waals surface area contributed by atoms with Gasteiger partial charge in [0.25, 0.3) is 5.91 Å². The minimum atomic E-state index is -3.69. The highest BCUT2D eigenvalue weighted by molar-refractivity contribution is 7.89. The Morgan fingerprint density at radius 3 is 2.46 bits per heavy atom. The van der Waals surface area contributed by atoms with Gasteiger partial charge in [-0.2, -0.15) is 0 Å². The van der Waals surface area contributed by atoms with Gasteiger partial charge in [-0.25, -0.2) is 13.1 Å². The molecule has 0 aliphatic heterocycles. The van der Waals surface area contributed by atoms with Gasteiger partial charge in [-0.15, -0.1) is 0 Å². The SMILES string of the molecule is CC(C)COc1cc(-c2ccc(CCCNC[C@@H](O)c3cccnc3)cc2)ccc1C(=O)NS(C)(=O)=O. The van der Waals surface area contributed by atoms with Gasteiger partial charge in [0.1, 0.15) is 5.75 Å². The predicted molar refractivity (Wildman–Crippen MR) is 145 cm³/mol. The second kappa shape index (κ2) is 13.3. The molecule has 9 heteroatoms. The Bertz CT molecular complexity index is 1260. The maximum absolute atomic E-state index is 12.5. The fraction of sp³-hybridized carbons (Fsp3) is 0.357. The Morgan fingerprint density at radius 2 is 1.81 bits per heavy atom. The van der Waals surface area contributed by atoms with Gasteiger partial charge in [-0.05, 0) is 60.2 Å². The second-order valence-corrected chi connectivity index (χ2v) is 11.2. The van der Waals surface area contributed by atoms with E-state index >= 15 is 0 Å². The summed E-state index contributed by atoms with van der Waals surface area (Å²) < 4.78 is 30.9. The van der Waals surface area contributed by atoms with Crippen molar-refractivity contribution in [1.82, 2.24) is 15.0 Å². The van der Waals surface area contributed by atoms with E-state index in [0.29, 0.717) is 18.9 Å². The number of benzene rings is 2. The molecule has 1 atom stereocenters. The van der Waals surface area contributed by atoms with Gasteiger partial charge in [0, 0.05) is 24.5 Å². The van der Waals surface area contributed by atoms with Crippen LogP contribution < -0.4 is 14.8 Å². The van der Waals surface area contributed by atoms with Crippen molar-refractivity contribution in [2.75, 3.05) is 26.0 Å². The number of aryl methyl sites for hydroxylation is 1. The zero-order chi connectivity index (χ0) is 26.8. The zero-order valence-electron chi connectivity index (χ0n) is 21.5. The van der Waals surface area contributed by atoms with Crippen LogP contribution in [0.15, 0.2) is 67.0 Å². The van der Waals surface area contributed by atoms with Crippen molar-refractivity contribution in [1.29, 1.82) is 0 Å². The van der Waals surface area contributed by atoms with E-state index in [4.69, 9.17) is 4.74 Å². The summed E-state index contributed by atoms with van der Waals surface area (Å²) in [7, 11) is -3.69. The molecule has 0 aliphatic rings. The maximum atomic E-state index is 12.5. The Morgan fingerprint density at radius 1 is 1.08 bits per heavy atom. The smallest absolute Gasteiger partial charge is 0.268 e. The summed E-state index contributed by atoms with van der Waals surface area (Å²) in [5.41, 5.74) is 4.00. The number of nitrogens with zero attached hydrogens (tertiary/aromatic N) is 1. The topological polar surface area (TPSA) is 118 Å². The average Bonchev–Trinajstić information content (AvgIpc) is 2.87. The molecular formula is C28H35N3O5S. The first-order valence-electron chi connectivity index (χ1n) is 12.3. The van der Waals surface area contributed by atoms with Crippen LogP contribution in [0.1, 0.15) is 47.9 Å². The largest absolute Gasteiger partial charge is 0.492 e. The van der Waals surface area contributed by atoms with Crippen LogP contribution in [0, 0.1) is 5.92 Å². The molecule has 1 heterocycles. The van der Waals surface area contributed by atoms with E-state index in [2.05, 4.69) is 22.4 Å². The minimum absolute atomic E-state index is 0.174. The number of pyridine rings is 1. The number of ether oxygens (including phenoxy) is 1. The number of hydrogen-bond acceptors (Lipinski definition) is 7. The fourth-order valence-corrected chi connectivity index (χ4v) is 4.15. The van der Waals surface area contributed by atoms with E-state index in [0.717, 1.165) is 42.3 Å². The summed E-state index contributed by atoms with van der Waals surface area (Å²) in [5.74, 6) is -0.137.